The van der Waals surface area contributed by atoms with Crippen LogP contribution in [0.25, 0.3) is 0 Å². The van der Waals surface area contributed by atoms with Crippen molar-refractivity contribution in [1.29, 1.82) is 0 Å². The molecule has 5 heteroatoms. The molecule has 2 N–H and O–H groups in total. The number of nitrogens with zero attached hydrogens (tertiary/aromatic N) is 2. The molecule has 3 heterocycles. The van der Waals surface area contributed by atoms with Gasteiger partial charge in [0.15, 0.2) is 0 Å². The van der Waals surface area contributed by atoms with E-state index in [2.05, 4.69) is 10.3 Å². The van der Waals surface area contributed by atoms with Crippen LogP contribution in [-0.2, 0) is 0 Å². The van der Waals surface area contributed by atoms with Gasteiger partial charge in [0.05, 0.1) is 11.8 Å². The van der Waals surface area contributed by atoms with Crippen molar-refractivity contribution in [1.82, 2.24) is 15.2 Å². The zero-order chi connectivity index (χ0) is 11.8. The number of likely N-dealkylation sites (tertiary alicyclic amines) is 1. The van der Waals surface area contributed by atoms with Crippen LogP contribution < -0.4 is 5.32 Å². The van der Waals surface area contributed by atoms with Gasteiger partial charge in [0.2, 0.25) is 0 Å². The molecule has 2 fully saturated rings. The predicted molar refractivity (Wildman–Crippen MR) is 61.7 cm³/mol. The van der Waals surface area contributed by atoms with Gasteiger partial charge in [-0.05, 0) is 17.9 Å². The molecule has 2 saturated heterocycles. The number of aromatic hydroxyl groups is 1. The molecule has 0 bridgehead atoms. The second kappa shape index (κ2) is 4.00. The third-order valence-corrected chi connectivity index (χ3v) is 3.65. The van der Waals surface area contributed by atoms with Crippen LogP contribution in [0.1, 0.15) is 10.4 Å². The summed E-state index contributed by atoms with van der Waals surface area (Å²) in [4.78, 5) is 17.9. The van der Waals surface area contributed by atoms with E-state index in [0.29, 0.717) is 17.4 Å². The molecule has 2 aliphatic rings. The summed E-state index contributed by atoms with van der Waals surface area (Å²) in [5, 5.41) is 12.7. The minimum absolute atomic E-state index is 0.0252. The molecule has 1 aromatic heterocycles. The summed E-state index contributed by atoms with van der Waals surface area (Å²) in [7, 11) is 0. The quantitative estimate of drug-likeness (QED) is 0.721. The second-order valence-electron chi connectivity index (χ2n) is 4.82. The van der Waals surface area contributed by atoms with Crippen LogP contribution in [0.15, 0.2) is 18.5 Å². The van der Waals surface area contributed by atoms with Gasteiger partial charge in [0.25, 0.3) is 5.91 Å². The summed E-state index contributed by atoms with van der Waals surface area (Å²) in [6.45, 7) is 3.64. The van der Waals surface area contributed by atoms with E-state index in [0.717, 1.165) is 26.2 Å². The van der Waals surface area contributed by atoms with Gasteiger partial charge in [0, 0.05) is 32.4 Å². The molecular weight excluding hydrogens is 218 g/mol. The summed E-state index contributed by atoms with van der Waals surface area (Å²) in [5.41, 5.74) is 0.470. The number of hydrogen-bond donors (Lipinski definition) is 2. The normalized spacial score (nSPS) is 27.2. The largest absolute Gasteiger partial charge is 0.506 e. The van der Waals surface area contributed by atoms with Gasteiger partial charge in [-0.1, -0.05) is 0 Å². The van der Waals surface area contributed by atoms with Gasteiger partial charge in [-0.3, -0.25) is 9.78 Å². The summed E-state index contributed by atoms with van der Waals surface area (Å²) < 4.78 is 0. The van der Waals surface area contributed by atoms with E-state index in [-0.39, 0.29) is 11.7 Å². The monoisotopic (exact) mass is 233 g/mol. The molecule has 3 rings (SSSR count). The first-order chi connectivity index (χ1) is 8.24. The summed E-state index contributed by atoms with van der Waals surface area (Å²) >= 11 is 0. The number of nitrogens with one attached hydrogen (secondary N) is 1. The number of carbonyl (C=O) groups excluding carboxylic acids is 1. The maximum atomic E-state index is 12.2. The minimum atomic E-state index is -0.0252. The van der Waals surface area contributed by atoms with E-state index in [4.69, 9.17) is 0 Å². The topological polar surface area (TPSA) is 65.5 Å². The van der Waals surface area contributed by atoms with Crippen LogP contribution in [0.5, 0.6) is 5.75 Å². The van der Waals surface area contributed by atoms with Gasteiger partial charge in [0.1, 0.15) is 5.75 Å². The van der Waals surface area contributed by atoms with Crippen LogP contribution in [0, 0.1) is 11.8 Å². The van der Waals surface area contributed by atoms with E-state index >= 15 is 0 Å². The molecule has 1 amide bonds. The van der Waals surface area contributed by atoms with E-state index in [9.17, 15) is 9.90 Å². The Balaban J connectivity index is 1.75. The lowest BCUT2D eigenvalue weighted by Crippen LogP contribution is -2.31. The molecule has 0 unspecified atom stereocenters. The zero-order valence-electron chi connectivity index (χ0n) is 9.47. The van der Waals surface area contributed by atoms with Gasteiger partial charge in [-0.15, -0.1) is 0 Å². The van der Waals surface area contributed by atoms with Crippen molar-refractivity contribution in [3.8, 4) is 5.75 Å². The SMILES string of the molecule is O=C(c1cncc(O)c1)N1C[C@H]2CNC[C@H]2C1. The Bertz CT molecular complexity index is 437. The first-order valence-corrected chi connectivity index (χ1v) is 5.88. The fourth-order valence-corrected chi connectivity index (χ4v) is 2.75. The van der Waals surface area contributed by atoms with Crippen LogP contribution in [0.4, 0.5) is 0 Å². The fraction of sp³-hybridized carbons (Fsp3) is 0.500. The third kappa shape index (κ3) is 1.86. The highest BCUT2D eigenvalue weighted by molar-refractivity contribution is 5.94. The number of hydrogen-bond acceptors (Lipinski definition) is 4. The molecule has 1 aromatic rings. The van der Waals surface area contributed by atoms with Crippen molar-refractivity contribution >= 4 is 5.91 Å². The average Bonchev–Trinajstić information content (AvgIpc) is 2.88. The highest BCUT2D eigenvalue weighted by Crippen LogP contribution is 2.27. The number of amides is 1. The summed E-state index contributed by atoms with van der Waals surface area (Å²) in [5.74, 6) is 1.19. The van der Waals surface area contributed by atoms with Gasteiger partial charge in [-0.2, -0.15) is 0 Å². The molecule has 0 aliphatic carbocycles. The average molecular weight is 233 g/mol. The Labute approximate surface area is 99.5 Å². The third-order valence-electron chi connectivity index (χ3n) is 3.65. The lowest BCUT2D eigenvalue weighted by atomic mass is 10.0. The van der Waals surface area contributed by atoms with Gasteiger partial charge in [-0.25, -0.2) is 0 Å². The van der Waals surface area contributed by atoms with Gasteiger partial charge < -0.3 is 15.3 Å². The van der Waals surface area contributed by atoms with Crippen molar-refractivity contribution in [3.63, 3.8) is 0 Å². The van der Waals surface area contributed by atoms with E-state index in [1.54, 1.807) is 0 Å². The molecule has 0 aromatic carbocycles. The standard InChI is InChI=1S/C12H15N3O2/c16-11-1-8(2-14-5-11)12(17)15-6-9-3-13-4-10(9)7-15/h1-2,5,9-10,13,16H,3-4,6-7H2/t9-,10+. The molecule has 17 heavy (non-hydrogen) atoms. The van der Waals surface area contributed by atoms with Crippen LogP contribution in [0.3, 0.4) is 0 Å². The van der Waals surface area contributed by atoms with E-state index < -0.39 is 0 Å². The zero-order valence-corrected chi connectivity index (χ0v) is 9.47. The molecule has 0 spiro atoms. The van der Waals surface area contributed by atoms with Crippen LogP contribution >= 0.6 is 0 Å². The Morgan fingerprint density at radius 3 is 2.71 bits per heavy atom. The second-order valence-corrected chi connectivity index (χ2v) is 4.82. The molecular formula is C12H15N3O2. The number of fused-ring (bicyclic) bond motifs is 1. The summed E-state index contributed by atoms with van der Waals surface area (Å²) in [6, 6.07) is 1.47. The Kier molecular flexibility index (Phi) is 2.48. The molecule has 0 radical (unpaired) electrons. The van der Waals surface area contributed by atoms with E-state index in [1.165, 1.54) is 18.5 Å². The predicted octanol–water partition coefficient (Wildman–Crippen LogP) is 0.0786. The van der Waals surface area contributed by atoms with Crippen molar-refractivity contribution in [2.24, 2.45) is 11.8 Å². The molecule has 0 saturated carbocycles. The van der Waals surface area contributed by atoms with E-state index in [1.807, 2.05) is 4.90 Å². The van der Waals surface area contributed by atoms with Gasteiger partial charge >= 0.3 is 0 Å². The first kappa shape index (κ1) is 10.5. The highest BCUT2D eigenvalue weighted by Gasteiger charge is 2.38. The number of aromatic nitrogens is 1. The number of pyridine rings is 1. The van der Waals surface area contributed by atoms with Crippen molar-refractivity contribution < 1.29 is 9.90 Å². The van der Waals surface area contributed by atoms with Crippen LogP contribution in [-0.4, -0.2) is 47.1 Å². The lowest BCUT2D eigenvalue weighted by molar-refractivity contribution is 0.0781. The molecule has 2 aliphatic heterocycles. The lowest BCUT2D eigenvalue weighted by Gasteiger charge is -2.17. The van der Waals surface area contributed by atoms with Crippen molar-refractivity contribution in [2.75, 3.05) is 26.2 Å². The Morgan fingerprint density at radius 2 is 2.06 bits per heavy atom. The maximum absolute atomic E-state index is 12.2. The van der Waals surface area contributed by atoms with Crippen molar-refractivity contribution in [3.05, 3.63) is 24.0 Å². The Hall–Kier alpha value is -1.62. The van der Waals surface area contributed by atoms with Crippen molar-refractivity contribution in [2.45, 2.75) is 0 Å². The van der Waals surface area contributed by atoms with Crippen LogP contribution in [0.2, 0.25) is 0 Å². The first-order valence-electron chi connectivity index (χ1n) is 5.88. The smallest absolute Gasteiger partial charge is 0.255 e. The highest BCUT2D eigenvalue weighted by atomic mass is 16.3. The number of carbonyl (C=O) groups is 1. The fourth-order valence-electron chi connectivity index (χ4n) is 2.75. The molecule has 2 atom stereocenters. The summed E-state index contributed by atoms with van der Waals surface area (Å²) in [6.07, 6.45) is 2.84. The molecule has 90 valence electrons. The molecule has 5 nitrogen and oxygen atoms in total. The number of rotatable bonds is 1. The minimum Gasteiger partial charge on any atom is -0.506 e. The Morgan fingerprint density at radius 1 is 1.35 bits per heavy atom. The maximum Gasteiger partial charge on any atom is 0.255 e.